The third-order valence-electron chi connectivity index (χ3n) is 5.25. The van der Waals surface area contributed by atoms with Gasteiger partial charge in [0.2, 0.25) is 5.91 Å². The number of ether oxygens (including phenoxy) is 2. The number of amides is 1. The van der Waals surface area contributed by atoms with Gasteiger partial charge in [-0.3, -0.25) is 9.69 Å². The van der Waals surface area contributed by atoms with Gasteiger partial charge in [-0.25, -0.2) is 4.39 Å². The van der Waals surface area contributed by atoms with E-state index in [1.807, 2.05) is 24.3 Å². The van der Waals surface area contributed by atoms with Crippen molar-refractivity contribution in [3.05, 3.63) is 70.0 Å². The first-order chi connectivity index (χ1) is 14.9. The molecule has 0 spiro atoms. The molecule has 0 radical (unpaired) electrons. The quantitative estimate of drug-likeness (QED) is 0.435. The highest BCUT2D eigenvalue weighted by Crippen LogP contribution is 2.21. The maximum atomic E-state index is 13.4. The Morgan fingerprint density at radius 1 is 1.29 bits per heavy atom. The van der Waals surface area contributed by atoms with E-state index in [-0.39, 0.29) is 17.8 Å². The van der Waals surface area contributed by atoms with Gasteiger partial charge in [0.1, 0.15) is 23.9 Å². The number of hydrogen-bond donors (Lipinski definition) is 1. The Bertz CT molecular complexity index is 913. The van der Waals surface area contributed by atoms with Crippen LogP contribution in [-0.4, -0.2) is 49.9 Å². The molecule has 166 valence electrons. The number of rotatable bonds is 8. The van der Waals surface area contributed by atoms with E-state index in [2.05, 4.69) is 26.1 Å². The number of benzene rings is 2. The van der Waals surface area contributed by atoms with Crippen molar-refractivity contribution in [2.75, 3.05) is 26.7 Å². The molecule has 3 rings (SSSR count). The average molecular weight is 491 g/mol. The van der Waals surface area contributed by atoms with Crippen LogP contribution in [0.15, 0.2) is 53.0 Å². The molecule has 0 saturated carbocycles. The van der Waals surface area contributed by atoms with Crippen molar-refractivity contribution in [1.29, 1.82) is 0 Å². The second kappa shape index (κ2) is 11.4. The summed E-state index contributed by atoms with van der Waals surface area (Å²) in [7, 11) is 1.59. The highest BCUT2D eigenvalue weighted by molar-refractivity contribution is 9.10. The number of nitrogens with one attached hydrogen (secondary N) is 1. The Morgan fingerprint density at radius 3 is 2.74 bits per heavy atom. The number of methoxy groups -OCH3 is 1. The Morgan fingerprint density at radius 2 is 2.06 bits per heavy atom. The highest BCUT2D eigenvalue weighted by Gasteiger charge is 2.23. The predicted octanol–water partition coefficient (Wildman–Crippen LogP) is 4.54. The van der Waals surface area contributed by atoms with Crippen LogP contribution < -0.4 is 10.1 Å². The van der Waals surface area contributed by atoms with E-state index in [1.54, 1.807) is 32.2 Å². The highest BCUT2D eigenvalue weighted by atomic mass is 79.9. The Hall–Kier alpha value is -2.22. The van der Waals surface area contributed by atoms with Crippen molar-refractivity contribution in [3.8, 4) is 5.75 Å². The lowest BCUT2D eigenvalue weighted by Crippen LogP contribution is -2.48. The molecule has 1 aliphatic rings. The molecule has 2 aromatic carbocycles. The van der Waals surface area contributed by atoms with Crippen LogP contribution in [0.5, 0.6) is 5.75 Å². The minimum Gasteiger partial charge on any atom is -0.490 e. The van der Waals surface area contributed by atoms with Gasteiger partial charge in [0.05, 0.1) is 0 Å². The number of aryl methyl sites for hydroxylation is 1. The normalized spacial score (nSPS) is 16.4. The smallest absolute Gasteiger partial charge is 0.246 e. The number of nitrogens with zero attached hydrogens (tertiary/aromatic N) is 1. The molecule has 2 aromatic rings. The molecule has 1 N–H and O–H groups in total. The molecule has 5 nitrogen and oxygen atoms in total. The molecular formula is C24H28BrFN2O3. The molecule has 1 heterocycles. The van der Waals surface area contributed by atoms with Gasteiger partial charge in [0, 0.05) is 37.3 Å². The van der Waals surface area contributed by atoms with Gasteiger partial charge in [0.25, 0.3) is 0 Å². The maximum Gasteiger partial charge on any atom is 0.246 e. The zero-order valence-electron chi connectivity index (χ0n) is 17.8. The SMILES string of the molecule is COC(CN1CCC(Oc2ccc(F)c(C)c2)CC1)NC(=O)/C=C/c1cccc(Br)c1. The maximum absolute atomic E-state index is 13.4. The Balaban J connectivity index is 1.43. The number of piperidine rings is 1. The first-order valence-corrected chi connectivity index (χ1v) is 11.1. The Kier molecular flexibility index (Phi) is 8.63. The summed E-state index contributed by atoms with van der Waals surface area (Å²) in [5.41, 5.74) is 1.53. The van der Waals surface area contributed by atoms with Crippen LogP contribution in [0, 0.1) is 12.7 Å². The number of halogens is 2. The van der Waals surface area contributed by atoms with Crippen LogP contribution in [-0.2, 0) is 9.53 Å². The van der Waals surface area contributed by atoms with Crippen LogP contribution in [0.1, 0.15) is 24.0 Å². The summed E-state index contributed by atoms with van der Waals surface area (Å²) in [5, 5.41) is 2.89. The topological polar surface area (TPSA) is 50.8 Å². The monoisotopic (exact) mass is 490 g/mol. The predicted molar refractivity (Wildman–Crippen MR) is 123 cm³/mol. The van der Waals surface area contributed by atoms with Crippen molar-refractivity contribution in [2.24, 2.45) is 0 Å². The number of hydrogen-bond acceptors (Lipinski definition) is 4. The lowest BCUT2D eigenvalue weighted by Gasteiger charge is -2.34. The van der Waals surface area contributed by atoms with E-state index in [1.165, 1.54) is 12.1 Å². The van der Waals surface area contributed by atoms with Gasteiger partial charge in [-0.1, -0.05) is 28.1 Å². The summed E-state index contributed by atoms with van der Waals surface area (Å²) in [6.45, 7) is 4.02. The summed E-state index contributed by atoms with van der Waals surface area (Å²) < 4.78 is 25.9. The number of carbonyl (C=O) groups is 1. The fourth-order valence-electron chi connectivity index (χ4n) is 3.50. The summed E-state index contributed by atoms with van der Waals surface area (Å²) >= 11 is 3.42. The summed E-state index contributed by atoms with van der Waals surface area (Å²) in [4.78, 5) is 14.5. The molecule has 1 aliphatic heterocycles. The van der Waals surface area contributed by atoms with Crippen LogP contribution >= 0.6 is 15.9 Å². The molecular weight excluding hydrogens is 463 g/mol. The van der Waals surface area contributed by atoms with Gasteiger partial charge in [0.15, 0.2) is 0 Å². The van der Waals surface area contributed by atoms with E-state index in [0.29, 0.717) is 17.9 Å². The lowest BCUT2D eigenvalue weighted by atomic mass is 10.1. The first-order valence-electron chi connectivity index (χ1n) is 10.3. The minimum atomic E-state index is -0.392. The van der Waals surface area contributed by atoms with Gasteiger partial charge in [-0.15, -0.1) is 0 Å². The largest absolute Gasteiger partial charge is 0.490 e. The van der Waals surface area contributed by atoms with Gasteiger partial charge in [-0.2, -0.15) is 0 Å². The summed E-state index contributed by atoms with van der Waals surface area (Å²) in [6.07, 6.45) is 4.72. The zero-order chi connectivity index (χ0) is 22.2. The van der Waals surface area contributed by atoms with Crippen LogP contribution in [0.4, 0.5) is 4.39 Å². The fraction of sp³-hybridized carbons (Fsp3) is 0.375. The molecule has 1 amide bonds. The van der Waals surface area contributed by atoms with Gasteiger partial charge < -0.3 is 14.8 Å². The summed E-state index contributed by atoms with van der Waals surface area (Å²) in [5.74, 6) is 0.287. The van der Waals surface area contributed by atoms with E-state index in [9.17, 15) is 9.18 Å². The number of likely N-dealkylation sites (tertiary alicyclic amines) is 1. The van der Waals surface area contributed by atoms with Crippen LogP contribution in [0.3, 0.4) is 0 Å². The first kappa shape index (κ1) is 23.4. The van der Waals surface area contributed by atoms with E-state index < -0.39 is 6.23 Å². The molecule has 0 aromatic heterocycles. The summed E-state index contributed by atoms with van der Waals surface area (Å²) in [6, 6.07) is 12.6. The van der Waals surface area contributed by atoms with Crippen molar-refractivity contribution in [1.82, 2.24) is 10.2 Å². The standard InChI is InChI=1S/C24H28BrFN2O3/c1-17-14-21(7-8-22(17)26)31-20-10-12-28(13-11-20)16-24(30-2)27-23(29)9-6-18-4-3-5-19(25)15-18/h3-9,14-15,20,24H,10-13,16H2,1-2H3,(H,27,29)/b9-6+. The minimum absolute atomic E-state index is 0.102. The molecule has 1 saturated heterocycles. The molecule has 1 unspecified atom stereocenters. The van der Waals surface area contributed by atoms with Crippen molar-refractivity contribution in [3.63, 3.8) is 0 Å². The third-order valence-corrected chi connectivity index (χ3v) is 5.75. The molecule has 1 atom stereocenters. The van der Waals surface area contributed by atoms with Crippen molar-refractivity contribution in [2.45, 2.75) is 32.1 Å². The third kappa shape index (κ3) is 7.45. The van der Waals surface area contributed by atoms with E-state index in [0.717, 1.165) is 36.0 Å². The Labute approximate surface area is 191 Å². The van der Waals surface area contributed by atoms with E-state index >= 15 is 0 Å². The van der Waals surface area contributed by atoms with Crippen molar-refractivity contribution >= 4 is 27.9 Å². The zero-order valence-corrected chi connectivity index (χ0v) is 19.4. The van der Waals surface area contributed by atoms with Gasteiger partial charge >= 0.3 is 0 Å². The molecule has 31 heavy (non-hydrogen) atoms. The average Bonchev–Trinajstić information content (AvgIpc) is 2.76. The second-order valence-corrected chi connectivity index (χ2v) is 8.57. The molecule has 0 aliphatic carbocycles. The molecule has 1 fully saturated rings. The number of carbonyl (C=O) groups excluding carboxylic acids is 1. The van der Waals surface area contributed by atoms with E-state index in [4.69, 9.17) is 9.47 Å². The van der Waals surface area contributed by atoms with Crippen LogP contribution in [0.25, 0.3) is 6.08 Å². The van der Waals surface area contributed by atoms with Crippen LogP contribution in [0.2, 0.25) is 0 Å². The van der Waals surface area contributed by atoms with Crippen molar-refractivity contribution < 1.29 is 18.7 Å². The second-order valence-electron chi connectivity index (χ2n) is 7.65. The van der Waals surface area contributed by atoms with Gasteiger partial charge in [-0.05, 0) is 67.3 Å². The lowest BCUT2D eigenvalue weighted by molar-refractivity contribution is -0.120. The molecule has 7 heteroatoms. The fourth-order valence-corrected chi connectivity index (χ4v) is 3.91. The molecule has 0 bridgehead atoms.